The molecule has 3 N–H and O–H groups in total. The third-order valence-electron chi connectivity index (χ3n) is 3.36. The van der Waals surface area contributed by atoms with Crippen LogP contribution < -0.4 is 11.1 Å². The number of nitrogens with zero attached hydrogens (tertiary/aromatic N) is 2. The molecule has 0 saturated heterocycles. The highest BCUT2D eigenvalue weighted by atomic mass is 35.5. The van der Waals surface area contributed by atoms with Crippen LogP contribution in [-0.4, -0.2) is 28.0 Å². The average Bonchev–Trinajstić information content (AvgIpc) is 2.73. The number of nitrogens with two attached hydrogens (primary N) is 1. The van der Waals surface area contributed by atoms with Crippen molar-refractivity contribution in [3.8, 4) is 0 Å². The molecule has 0 saturated carbocycles. The van der Waals surface area contributed by atoms with Gasteiger partial charge < -0.3 is 15.6 Å². The Morgan fingerprint density at radius 2 is 2.14 bits per heavy atom. The molecule has 0 aliphatic carbocycles. The number of benzene rings is 1. The number of aromatic nitrogens is 2. The first-order chi connectivity index (χ1) is 9.52. The molecule has 22 heavy (non-hydrogen) atoms. The Morgan fingerprint density at radius 3 is 2.77 bits per heavy atom. The maximum absolute atomic E-state index is 13.1. The summed E-state index contributed by atoms with van der Waals surface area (Å²) in [5.74, 6) is 0.345. The van der Waals surface area contributed by atoms with E-state index in [1.165, 1.54) is 12.1 Å². The monoisotopic (exact) mass is 350 g/mol. The number of amides is 1. The predicted molar refractivity (Wildman–Crippen MR) is 90.1 cm³/mol. The molecule has 0 unspecified atom stereocenters. The Hall–Kier alpha value is -1.37. The molecule has 124 valence electrons. The van der Waals surface area contributed by atoms with Gasteiger partial charge in [0.15, 0.2) is 0 Å². The van der Waals surface area contributed by atoms with E-state index in [2.05, 4.69) is 10.3 Å². The Morgan fingerprint density at radius 1 is 1.45 bits per heavy atom. The third-order valence-corrected chi connectivity index (χ3v) is 3.36. The van der Waals surface area contributed by atoms with Crippen LogP contribution in [0.3, 0.4) is 0 Å². The van der Waals surface area contributed by atoms with Gasteiger partial charge in [0.2, 0.25) is 5.91 Å². The number of hydrogen-bond acceptors (Lipinski definition) is 3. The topological polar surface area (TPSA) is 72.9 Å². The fourth-order valence-corrected chi connectivity index (χ4v) is 2.06. The molecule has 8 heteroatoms. The van der Waals surface area contributed by atoms with Crippen LogP contribution in [-0.2, 0) is 18.3 Å². The van der Waals surface area contributed by atoms with Crippen molar-refractivity contribution in [3.05, 3.63) is 29.8 Å². The van der Waals surface area contributed by atoms with Crippen molar-refractivity contribution in [2.75, 3.05) is 6.54 Å². The summed E-state index contributed by atoms with van der Waals surface area (Å²) in [6, 6.07) is 4.05. The van der Waals surface area contributed by atoms with Gasteiger partial charge in [-0.3, -0.25) is 4.79 Å². The van der Waals surface area contributed by atoms with E-state index >= 15 is 0 Å². The number of carbonyl (C=O) groups excluding carboxylic acids is 1. The summed E-state index contributed by atoms with van der Waals surface area (Å²) in [6.45, 7) is 2.33. The Balaban J connectivity index is 0.00000220. The van der Waals surface area contributed by atoms with Gasteiger partial charge in [0, 0.05) is 26.1 Å². The van der Waals surface area contributed by atoms with Crippen LogP contribution in [0.15, 0.2) is 18.2 Å². The maximum atomic E-state index is 13.1. The highest BCUT2D eigenvalue weighted by molar-refractivity contribution is 5.85. The van der Waals surface area contributed by atoms with E-state index in [-0.39, 0.29) is 36.5 Å². The Kier molecular flexibility index (Phi) is 8.37. The number of nitrogens with one attached hydrogen (secondary N) is 1. The Bertz CT molecular complexity index is 633. The van der Waals surface area contributed by atoms with E-state index in [0.29, 0.717) is 24.9 Å². The van der Waals surface area contributed by atoms with Crippen LogP contribution in [0.25, 0.3) is 11.0 Å². The van der Waals surface area contributed by atoms with Crippen LogP contribution in [0.2, 0.25) is 0 Å². The summed E-state index contributed by atoms with van der Waals surface area (Å²) >= 11 is 0. The van der Waals surface area contributed by atoms with Gasteiger partial charge in [0.05, 0.1) is 17.1 Å². The number of fused-ring (bicyclic) bond motifs is 1. The molecule has 5 nitrogen and oxygen atoms in total. The molecule has 0 aliphatic heterocycles. The molecular weight excluding hydrogens is 330 g/mol. The van der Waals surface area contributed by atoms with Crippen LogP contribution in [0.5, 0.6) is 0 Å². The van der Waals surface area contributed by atoms with Crippen LogP contribution in [0, 0.1) is 5.82 Å². The summed E-state index contributed by atoms with van der Waals surface area (Å²) in [4.78, 5) is 15.9. The summed E-state index contributed by atoms with van der Waals surface area (Å²) in [6.07, 6.45) is 1.19. The van der Waals surface area contributed by atoms with Gasteiger partial charge in [0.1, 0.15) is 11.6 Å². The summed E-state index contributed by atoms with van der Waals surface area (Å²) < 4.78 is 15.0. The zero-order valence-electron chi connectivity index (χ0n) is 12.5. The van der Waals surface area contributed by atoms with Crippen molar-refractivity contribution in [2.24, 2.45) is 12.8 Å². The van der Waals surface area contributed by atoms with Crippen molar-refractivity contribution < 1.29 is 9.18 Å². The second-order valence-corrected chi connectivity index (χ2v) is 4.78. The normalized spacial score (nSPS) is 11.5. The first kappa shape index (κ1) is 20.6. The number of halogens is 3. The molecule has 0 bridgehead atoms. The van der Waals surface area contributed by atoms with Crippen LogP contribution in [0.4, 0.5) is 4.39 Å². The highest BCUT2D eigenvalue weighted by Crippen LogP contribution is 2.16. The summed E-state index contributed by atoms with van der Waals surface area (Å²) in [5.41, 5.74) is 7.13. The van der Waals surface area contributed by atoms with Crippen molar-refractivity contribution >= 4 is 41.8 Å². The van der Waals surface area contributed by atoms with Gasteiger partial charge >= 0.3 is 0 Å². The molecule has 1 aromatic carbocycles. The van der Waals surface area contributed by atoms with Crippen LogP contribution in [0.1, 0.15) is 19.2 Å². The molecule has 0 aliphatic rings. The minimum atomic E-state index is -0.468. The second-order valence-electron chi connectivity index (χ2n) is 4.78. The van der Waals surface area contributed by atoms with E-state index in [0.717, 1.165) is 11.3 Å². The fourth-order valence-electron chi connectivity index (χ4n) is 2.06. The molecular formula is C14H21Cl2FN4O. The van der Waals surface area contributed by atoms with Crippen molar-refractivity contribution in [2.45, 2.75) is 25.8 Å². The van der Waals surface area contributed by atoms with Crippen molar-refractivity contribution in [1.82, 2.24) is 14.9 Å². The van der Waals surface area contributed by atoms with E-state index in [1.54, 1.807) is 6.07 Å². The molecule has 1 atom stereocenters. The molecule has 0 radical (unpaired) electrons. The van der Waals surface area contributed by atoms with Gasteiger partial charge in [-0.05, 0) is 18.6 Å². The minimum absolute atomic E-state index is 0. The molecule has 0 spiro atoms. The van der Waals surface area contributed by atoms with Gasteiger partial charge in [-0.1, -0.05) is 6.92 Å². The minimum Gasteiger partial charge on any atom is -0.354 e. The van der Waals surface area contributed by atoms with E-state index in [1.807, 2.05) is 18.5 Å². The lowest BCUT2D eigenvalue weighted by atomic mass is 10.2. The molecule has 2 rings (SSSR count). The van der Waals surface area contributed by atoms with Gasteiger partial charge in [-0.2, -0.15) is 0 Å². The zero-order chi connectivity index (χ0) is 14.7. The summed E-state index contributed by atoms with van der Waals surface area (Å²) in [5, 5.41) is 2.77. The van der Waals surface area contributed by atoms with Gasteiger partial charge in [-0.15, -0.1) is 24.8 Å². The van der Waals surface area contributed by atoms with Crippen LogP contribution >= 0.6 is 24.8 Å². The number of carbonyl (C=O) groups is 1. The van der Waals surface area contributed by atoms with E-state index in [9.17, 15) is 9.18 Å². The first-order valence-electron chi connectivity index (χ1n) is 6.67. The van der Waals surface area contributed by atoms with Crippen molar-refractivity contribution in [1.29, 1.82) is 0 Å². The molecule has 2 aromatic rings. The first-order valence-corrected chi connectivity index (χ1v) is 6.67. The number of hydrogen-bond donors (Lipinski definition) is 2. The number of aryl methyl sites for hydroxylation is 1. The lowest BCUT2D eigenvalue weighted by molar-refractivity contribution is -0.122. The number of rotatable bonds is 5. The lowest BCUT2D eigenvalue weighted by Gasteiger charge is -2.09. The highest BCUT2D eigenvalue weighted by Gasteiger charge is 2.12. The Labute approximate surface area is 141 Å². The van der Waals surface area contributed by atoms with Gasteiger partial charge in [0.25, 0.3) is 0 Å². The molecule has 1 heterocycles. The quantitative estimate of drug-likeness (QED) is 0.865. The molecule has 1 amide bonds. The summed E-state index contributed by atoms with van der Waals surface area (Å²) in [7, 11) is 1.88. The third kappa shape index (κ3) is 4.56. The average molecular weight is 351 g/mol. The predicted octanol–water partition coefficient (Wildman–Crippen LogP) is 1.95. The zero-order valence-corrected chi connectivity index (χ0v) is 14.1. The van der Waals surface area contributed by atoms with E-state index < -0.39 is 6.04 Å². The molecule has 1 aromatic heterocycles. The largest absolute Gasteiger partial charge is 0.354 e. The van der Waals surface area contributed by atoms with Crippen molar-refractivity contribution in [3.63, 3.8) is 0 Å². The smallest absolute Gasteiger partial charge is 0.236 e. The molecule has 0 fully saturated rings. The fraction of sp³-hybridized carbons (Fsp3) is 0.429. The lowest BCUT2D eigenvalue weighted by Crippen LogP contribution is -2.40. The van der Waals surface area contributed by atoms with E-state index in [4.69, 9.17) is 5.73 Å². The standard InChI is InChI=1S/C14H19FN4O.2ClH/c1-3-10(16)14(20)17-7-6-13-18-11-8-9(15)4-5-12(11)19(13)2;;/h4-5,8,10H,3,6-7,16H2,1-2H3,(H,17,20);2*1H/t10-;;/m0../s1. The second kappa shape index (κ2) is 8.92. The SMILES string of the molecule is CC[C@H](N)C(=O)NCCc1nc2cc(F)ccc2n1C.Cl.Cl. The van der Waals surface area contributed by atoms with Gasteiger partial charge in [-0.25, -0.2) is 9.37 Å². The number of imidazole rings is 1. The maximum Gasteiger partial charge on any atom is 0.236 e.